The maximum atomic E-state index is 11.9. The molecule has 6 heteroatoms. The van der Waals surface area contributed by atoms with Crippen LogP contribution in [0.4, 0.5) is 0 Å². The van der Waals surface area contributed by atoms with Gasteiger partial charge in [0.25, 0.3) is 5.91 Å². The Morgan fingerprint density at radius 3 is 2.74 bits per heavy atom. The van der Waals surface area contributed by atoms with E-state index in [0.29, 0.717) is 28.2 Å². The van der Waals surface area contributed by atoms with E-state index in [4.69, 9.17) is 21.7 Å². The van der Waals surface area contributed by atoms with Crippen LogP contribution in [0.3, 0.4) is 0 Å². The largest absolute Gasteiger partial charge is 0.486 e. The second-order valence-electron chi connectivity index (χ2n) is 4.14. The third-order valence-corrected chi connectivity index (χ3v) is 4.34. The van der Waals surface area contributed by atoms with Gasteiger partial charge < -0.3 is 9.47 Å². The van der Waals surface area contributed by atoms with Crippen molar-refractivity contribution in [2.45, 2.75) is 0 Å². The topological polar surface area (TPSA) is 38.8 Å². The van der Waals surface area contributed by atoms with Gasteiger partial charge in [0.05, 0.1) is 4.91 Å². The highest BCUT2D eigenvalue weighted by Crippen LogP contribution is 2.34. The van der Waals surface area contributed by atoms with Crippen molar-refractivity contribution >= 4 is 40.3 Å². The Balaban J connectivity index is 1.91. The molecule has 0 aliphatic carbocycles. The Morgan fingerprint density at radius 1 is 1.32 bits per heavy atom. The first kappa shape index (κ1) is 12.5. The summed E-state index contributed by atoms with van der Waals surface area (Å²) in [5.74, 6) is 1.39. The van der Waals surface area contributed by atoms with E-state index >= 15 is 0 Å². The number of carbonyl (C=O) groups excluding carboxylic acids is 1. The Hall–Kier alpha value is -1.53. The third kappa shape index (κ3) is 2.33. The minimum atomic E-state index is -0.0649. The molecule has 2 aliphatic heterocycles. The zero-order chi connectivity index (χ0) is 13.4. The number of hydrogen-bond acceptors (Lipinski definition) is 5. The molecule has 1 saturated heterocycles. The summed E-state index contributed by atoms with van der Waals surface area (Å²) in [6.45, 7) is 1.12. The van der Waals surface area contributed by atoms with Crippen molar-refractivity contribution < 1.29 is 14.3 Å². The van der Waals surface area contributed by atoms with Crippen LogP contribution in [0.1, 0.15) is 5.56 Å². The van der Waals surface area contributed by atoms with Gasteiger partial charge in [0.2, 0.25) is 0 Å². The molecule has 2 heterocycles. The lowest BCUT2D eigenvalue weighted by atomic mass is 10.1. The monoisotopic (exact) mass is 293 g/mol. The van der Waals surface area contributed by atoms with Crippen LogP contribution in [-0.2, 0) is 4.79 Å². The summed E-state index contributed by atoms with van der Waals surface area (Å²) in [6, 6.07) is 5.62. The van der Waals surface area contributed by atoms with Gasteiger partial charge in [-0.3, -0.25) is 9.69 Å². The van der Waals surface area contributed by atoms with E-state index in [1.54, 1.807) is 7.05 Å². The van der Waals surface area contributed by atoms with Gasteiger partial charge in [-0.05, 0) is 23.8 Å². The molecule has 0 radical (unpaired) electrons. The molecule has 0 N–H and O–H groups in total. The van der Waals surface area contributed by atoms with Gasteiger partial charge in [0.1, 0.15) is 17.5 Å². The van der Waals surface area contributed by atoms with E-state index in [-0.39, 0.29) is 5.91 Å². The summed E-state index contributed by atoms with van der Waals surface area (Å²) in [6.07, 6.45) is 1.82. The van der Waals surface area contributed by atoms with Gasteiger partial charge in [0, 0.05) is 7.05 Å². The molecule has 0 atom stereocenters. The Labute approximate surface area is 120 Å². The van der Waals surface area contributed by atoms with Crippen molar-refractivity contribution in [2.75, 3.05) is 20.3 Å². The fourth-order valence-corrected chi connectivity index (χ4v) is 3.03. The van der Waals surface area contributed by atoms with E-state index in [1.807, 2.05) is 24.3 Å². The number of fused-ring (bicyclic) bond motifs is 1. The molecule has 1 aromatic carbocycles. The molecule has 19 heavy (non-hydrogen) atoms. The van der Waals surface area contributed by atoms with Gasteiger partial charge in [-0.2, -0.15) is 0 Å². The second-order valence-corrected chi connectivity index (χ2v) is 5.82. The van der Waals surface area contributed by atoms with E-state index in [1.165, 1.54) is 16.7 Å². The summed E-state index contributed by atoms with van der Waals surface area (Å²) >= 11 is 6.40. The van der Waals surface area contributed by atoms with Crippen LogP contribution in [-0.4, -0.2) is 35.4 Å². The Kier molecular flexibility index (Phi) is 3.20. The van der Waals surface area contributed by atoms with Crippen LogP contribution < -0.4 is 9.47 Å². The lowest BCUT2D eigenvalue weighted by Crippen LogP contribution is -2.22. The van der Waals surface area contributed by atoms with E-state index < -0.39 is 0 Å². The molecule has 0 spiro atoms. The van der Waals surface area contributed by atoms with Crippen molar-refractivity contribution in [3.05, 3.63) is 28.7 Å². The minimum absolute atomic E-state index is 0.0649. The lowest BCUT2D eigenvalue weighted by molar-refractivity contribution is -0.121. The average molecular weight is 293 g/mol. The predicted octanol–water partition coefficient (Wildman–Crippen LogP) is 2.29. The number of hydrogen-bond donors (Lipinski definition) is 0. The highest BCUT2D eigenvalue weighted by Gasteiger charge is 2.28. The summed E-state index contributed by atoms with van der Waals surface area (Å²) in [5.41, 5.74) is 0.901. The summed E-state index contributed by atoms with van der Waals surface area (Å²) in [4.78, 5) is 14.0. The number of rotatable bonds is 1. The van der Waals surface area contributed by atoms with Crippen LogP contribution in [0.15, 0.2) is 23.1 Å². The number of ether oxygens (including phenoxy) is 2. The van der Waals surface area contributed by atoms with Crippen LogP contribution in [0.25, 0.3) is 6.08 Å². The average Bonchev–Trinajstić information content (AvgIpc) is 2.66. The fourth-order valence-electron chi connectivity index (χ4n) is 1.85. The van der Waals surface area contributed by atoms with Gasteiger partial charge in [0.15, 0.2) is 11.5 Å². The zero-order valence-electron chi connectivity index (χ0n) is 10.2. The summed E-state index contributed by atoms with van der Waals surface area (Å²) in [7, 11) is 1.68. The van der Waals surface area contributed by atoms with E-state index in [9.17, 15) is 4.79 Å². The molecular weight excluding hydrogens is 282 g/mol. The standard InChI is InChI=1S/C13H11NO3S2/c1-14-12(15)11(19-13(14)18)7-8-2-3-9-10(6-8)17-5-4-16-9/h2-3,6-7H,4-5H2,1H3/b11-7-. The Morgan fingerprint density at radius 2 is 2.05 bits per heavy atom. The SMILES string of the molecule is CN1C(=O)/C(=C/c2ccc3c(c2)OCCO3)SC1=S. The molecule has 0 aromatic heterocycles. The van der Waals surface area contributed by atoms with Crippen molar-refractivity contribution in [3.8, 4) is 11.5 Å². The van der Waals surface area contributed by atoms with Gasteiger partial charge in [-0.15, -0.1) is 0 Å². The smallest absolute Gasteiger partial charge is 0.265 e. The van der Waals surface area contributed by atoms with Crippen LogP contribution in [0.2, 0.25) is 0 Å². The summed E-state index contributed by atoms with van der Waals surface area (Å²) < 4.78 is 11.5. The number of nitrogens with zero attached hydrogens (tertiary/aromatic N) is 1. The number of benzene rings is 1. The molecule has 0 saturated carbocycles. The summed E-state index contributed by atoms with van der Waals surface area (Å²) in [5, 5.41) is 0. The predicted molar refractivity (Wildman–Crippen MR) is 78.4 cm³/mol. The first-order valence-corrected chi connectivity index (χ1v) is 6.99. The van der Waals surface area contributed by atoms with Crippen molar-refractivity contribution in [1.82, 2.24) is 4.90 Å². The molecule has 4 nitrogen and oxygen atoms in total. The molecular formula is C13H11NO3S2. The maximum Gasteiger partial charge on any atom is 0.265 e. The highest BCUT2D eigenvalue weighted by atomic mass is 32.2. The Bertz CT molecular complexity index is 598. The van der Waals surface area contributed by atoms with Crippen molar-refractivity contribution in [3.63, 3.8) is 0 Å². The van der Waals surface area contributed by atoms with Crippen molar-refractivity contribution in [1.29, 1.82) is 0 Å². The second kappa shape index (κ2) is 4.86. The quantitative estimate of drug-likeness (QED) is 0.587. The normalized spacial score (nSPS) is 20.3. The van der Waals surface area contributed by atoms with Gasteiger partial charge in [-0.1, -0.05) is 30.0 Å². The van der Waals surface area contributed by atoms with Crippen molar-refractivity contribution in [2.24, 2.45) is 0 Å². The number of thiocarbonyl (C=S) groups is 1. The third-order valence-electron chi connectivity index (χ3n) is 2.85. The lowest BCUT2D eigenvalue weighted by Gasteiger charge is -2.18. The fraction of sp³-hybridized carbons (Fsp3) is 0.231. The van der Waals surface area contributed by atoms with Gasteiger partial charge >= 0.3 is 0 Å². The minimum Gasteiger partial charge on any atom is -0.486 e. The first-order chi connectivity index (χ1) is 9.15. The molecule has 0 unspecified atom stereocenters. The maximum absolute atomic E-state index is 11.9. The van der Waals surface area contributed by atoms with Crippen LogP contribution in [0, 0.1) is 0 Å². The number of amides is 1. The van der Waals surface area contributed by atoms with Gasteiger partial charge in [-0.25, -0.2) is 0 Å². The van der Waals surface area contributed by atoms with E-state index in [0.717, 1.165) is 11.3 Å². The molecule has 1 amide bonds. The van der Waals surface area contributed by atoms with E-state index in [2.05, 4.69) is 0 Å². The highest BCUT2D eigenvalue weighted by molar-refractivity contribution is 8.26. The molecule has 3 rings (SSSR count). The zero-order valence-corrected chi connectivity index (χ0v) is 11.8. The molecule has 1 aromatic rings. The van der Waals surface area contributed by atoms with Crippen LogP contribution in [0.5, 0.6) is 11.5 Å². The molecule has 0 bridgehead atoms. The van der Waals surface area contributed by atoms with Crippen LogP contribution >= 0.6 is 24.0 Å². The molecule has 98 valence electrons. The molecule has 2 aliphatic rings. The number of likely N-dealkylation sites (N-methyl/N-ethyl adjacent to an activating group) is 1. The molecule has 1 fully saturated rings. The number of thioether (sulfide) groups is 1. The first-order valence-electron chi connectivity index (χ1n) is 5.76. The number of carbonyl (C=O) groups is 1.